The highest BCUT2D eigenvalue weighted by atomic mass is 32.2. The maximum absolute atomic E-state index is 13.3. The van der Waals surface area contributed by atoms with Gasteiger partial charge >= 0.3 is 5.97 Å². The predicted molar refractivity (Wildman–Crippen MR) is 72.5 cm³/mol. The summed E-state index contributed by atoms with van der Waals surface area (Å²) in [6.07, 6.45) is 0.961. The van der Waals surface area contributed by atoms with E-state index in [9.17, 15) is 22.9 Å². The van der Waals surface area contributed by atoms with Crippen molar-refractivity contribution >= 4 is 15.8 Å². The zero-order chi connectivity index (χ0) is 15.8. The molecule has 2 rings (SSSR count). The van der Waals surface area contributed by atoms with E-state index in [1.165, 1.54) is 18.2 Å². The van der Waals surface area contributed by atoms with Crippen LogP contribution in [0.4, 0.5) is 4.39 Å². The van der Waals surface area contributed by atoms with E-state index < -0.39 is 38.2 Å². The summed E-state index contributed by atoms with van der Waals surface area (Å²) >= 11 is 0. The van der Waals surface area contributed by atoms with Crippen LogP contribution in [-0.2, 0) is 19.4 Å². The topological polar surface area (TPSA) is 84.2 Å². The highest BCUT2D eigenvalue weighted by Crippen LogP contribution is 2.63. The lowest BCUT2D eigenvalue weighted by Crippen LogP contribution is -2.24. The lowest BCUT2D eigenvalue weighted by atomic mass is 10.0. The van der Waals surface area contributed by atoms with Crippen LogP contribution in [0.25, 0.3) is 0 Å². The maximum atomic E-state index is 13.3. The van der Waals surface area contributed by atoms with Gasteiger partial charge in [0.1, 0.15) is 11.1 Å². The number of nitrogens with zero attached hydrogens (tertiary/aromatic N) is 1. The third-order valence-electron chi connectivity index (χ3n) is 3.60. The minimum atomic E-state index is -3.67. The zero-order valence-corrected chi connectivity index (χ0v) is 12.4. The van der Waals surface area contributed by atoms with Crippen LogP contribution in [0, 0.1) is 22.6 Å². The summed E-state index contributed by atoms with van der Waals surface area (Å²) in [6, 6.07) is 7.05. The van der Waals surface area contributed by atoms with Gasteiger partial charge < -0.3 is 4.74 Å². The molecule has 7 heteroatoms. The molecule has 0 aliphatic heterocycles. The van der Waals surface area contributed by atoms with Crippen LogP contribution in [0.5, 0.6) is 0 Å². The molecule has 0 heterocycles. The van der Waals surface area contributed by atoms with Crippen molar-refractivity contribution in [2.24, 2.45) is 5.41 Å². The summed E-state index contributed by atoms with van der Waals surface area (Å²) in [5.41, 5.74) is -1.49. The number of hydrogen-bond donors (Lipinski definition) is 0. The summed E-state index contributed by atoms with van der Waals surface area (Å²) in [7, 11) is -3.67. The average Bonchev–Trinajstić information content (AvgIpc) is 3.09. The summed E-state index contributed by atoms with van der Waals surface area (Å²) in [6.45, 7) is 1.60. The van der Waals surface area contributed by atoms with E-state index in [-0.39, 0.29) is 6.61 Å². The highest BCUT2D eigenvalue weighted by molar-refractivity contribution is 7.91. The van der Waals surface area contributed by atoms with Crippen molar-refractivity contribution in [3.8, 4) is 6.07 Å². The number of hydrogen-bond acceptors (Lipinski definition) is 5. The standard InChI is InChI=1S/C14H14FNO4S/c1-3-20-13(17)14(8-16)11(12(14)21(2,18)19)9-5-4-6-10(15)7-9/h4-7,11-12H,3H2,1-2H3/t11-,12+,14+/m1/s1. The Morgan fingerprint density at radius 2 is 2.19 bits per heavy atom. The van der Waals surface area contributed by atoms with Crippen molar-refractivity contribution in [3.05, 3.63) is 35.6 Å². The molecule has 1 aromatic carbocycles. The number of esters is 1. The van der Waals surface area contributed by atoms with E-state index in [0.717, 1.165) is 12.3 Å². The quantitative estimate of drug-likeness (QED) is 0.785. The first-order chi connectivity index (χ1) is 9.79. The van der Waals surface area contributed by atoms with E-state index in [2.05, 4.69) is 0 Å². The fourth-order valence-corrected chi connectivity index (χ4v) is 4.51. The second-order valence-corrected chi connectivity index (χ2v) is 7.15. The fraction of sp³-hybridized carbons (Fsp3) is 0.429. The van der Waals surface area contributed by atoms with Gasteiger partial charge in [-0.05, 0) is 24.6 Å². The van der Waals surface area contributed by atoms with Crippen LogP contribution in [0.1, 0.15) is 18.4 Å². The average molecular weight is 311 g/mol. The largest absolute Gasteiger partial charge is 0.465 e. The molecular weight excluding hydrogens is 297 g/mol. The van der Waals surface area contributed by atoms with E-state index >= 15 is 0 Å². The molecule has 21 heavy (non-hydrogen) atoms. The van der Waals surface area contributed by atoms with Gasteiger partial charge in [-0.1, -0.05) is 12.1 Å². The Kier molecular flexibility index (Phi) is 3.76. The molecule has 1 aliphatic carbocycles. The smallest absolute Gasteiger partial charge is 0.328 e. The first-order valence-corrected chi connectivity index (χ1v) is 8.27. The molecule has 0 unspecified atom stereocenters. The van der Waals surface area contributed by atoms with Crippen molar-refractivity contribution in [2.45, 2.75) is 18.1 Å². The highest BCUT2D eigenvalue weighted by Gasteiger charge is 2.76. The molecule has 0 bridgehead atoms. The number of benzene rings is 1. The molecule has 1 fully saturated rings. The van der Waals surface area contributed by atoms with Crippen molar-refractivity contribution in [2.75, 3.05) is 12.9 Å². The Morgan fingerprint density at radius 1 is 1.52 bits per heavy atom. The molecule has 0 amide bonds. The van der Waals surface area contributed by atoms with Crippen molar-refractivity contribution in [3.63, 3.8) is 0 Å². The molecule has 1 aromatic rings. The third kappa shape index (κ3) is 2.40. The summed E-state index contributed by atoms with van der Waals surface area (Å²) in [4.78, 5) is 12.1. The zero-order valence-electron chi connectivity index (χ0n) is 11.5. The number of sulfone groups is 1. The van der Waals surface area contributed by atoms with Crippen LogP contribution in [0.2, 0.25) is 0 Å². The first kappa shape index (κ1) is 15.4. The van der Waals surface area contributed by atoms with Crippen molar-refractivity contribution < 1.29 is 22.3 Å². The summed E-state index contributed by atoms with van der Waals surface area (Å²) < 4.78 is 42.0. The lowest BCUT2D eigenvalue weighted by Gasteiger charge is -2.08. The first-order valence-electron chi connectivity index (χ1n) is 6.31. The molecule has 112 valence electrons. The number of carbonyl (C=O) groups excluding carboxylic acids is 1. The Morgan fingerprint density at radius 3 is 2.67 bits per heavy atom. The molecule has 0 saturated heterocycles. The molecule has 0 radical (unpaired) electrons. The lowest BCUT2D eigenvalue weighted by molar-refractivity contribution is -0.147. The van der Waals surface area contributed by atoms with Crippen molar-refractivity contribution in [1.29, 1.82) is 5.26 Å². The van der Waals surface area contributed by atoms with E-state index in [4.69, 9.17) is 4.74 Å². The normalized spacial score (nSPS) is 27.7. The summed E-state index contributed by atoms with van der Waals surface area (Å²) in [5.74, 6) is -2.34. The van der Waals surface area contributed by atoms with E-state index in [1.807, 2.05) is 0 Å². The van der Waals surface area contributed by atoms with Gasteiger partial charge in [0, 0.05) is 12.2 Å². The molecule has 0 aromatic heterocycles. The van der Waals surface area contributed by atoms with Gasteiger partial charge in [-0.2, -0.15) is 5.26 Å². The van der Waals surface area contributed by atoms with Gasteiger partial charge in [0.25, 0.3) is 0 Å². The minimum absolute atomic E-state index is 0.0363. The van der Waals surface area contributed by atoms with Gasteiger partial charge in [0.2, 0.25) is 0 Å². The number of halogens is 1. The van der Waals surface area contributed by atoms with Gasteiger partial charge in [-0.15, -0.1) is 0 Å². The Hall–Kier alpha value is -1.94. The summed E-state index contributed by atoms with van der Waals surface area (Å²) in [5, 5.41) is 8.17. The van der Waals surface area contributed by atoms with E-state index in [1.54, 1.807) is 13.0 Å². The van der Waals surface area contributed by atoms with Crippen LogP contribution in [-0.4, -0.2) is 32.5 Å². The van der Waals surface area contributed by atoms with E-state index in [0.29, 0.717) is 5.56 Å². The third-order valence-corrected chi connectivity index (χ3v) is 5.17. The molecule has 0 spiro atoms. The molecule has 3 atom stereocenters. The van der Waals surface area contributed by atoms with Gasteiger partial charge in [0.05, 0.1) is 12.7 Å². The fourth-order valence-electron chi connectivity index (χ4n) is 2.75. The number of carbonyl (C=O) groups is 1. The molecule has 5 nitrogen and oxygen atoms in total. The predicted octanol–water partition coefficient (Wildman–Crippen LogP) is 1.41. The van der Waals surface area contributed by atoms with Crippen LogP contribution >= 0.6 is 0 Å². The maximum Gasteiger partial charge on any atom is 0.328 e. The second-order valence-electron chi connectivity index (χ2n) is 4.98. The Labute approximate surface area is 122 Å². The Bertz CT molecular complexity index is 725. The van der Waals surface area contributed by atoms with Gasteiger partial charge in [0.15, 0.2) is 15.3 Å². The second kappa shape index (κ2) is 5.11. The molecule has 0 N–H and O–H groups in total. The number of ether oxygens (including phenoxy) is 1. The van der Waals surface area contributed by atoms with Gasteiger partial charge in [-0.3, -0.25) is 4.79 Å². The minimum Gasteiger partial charge on any atom is -0.465 e. The van der Waals surface area contributed by atoms with Crippen LogP contribution in [0.3, 0.4) is 0 Å². The van der Waals surface area contributed by atoms with Crippen LogP contribution in [0.15, 0.2) is 24.3 Å². The number of rotatable bonds is 4. The molecule has 1 saturated carbocycles. The molecular formula is C14H14FNO4S. The van der Waals surface area contributed by atoms with Crippen LogP contribution < -0.4 is 0 Å². The monoisotopic (exact) mass is 311 g/mol. The Balaban J connectivity index is 2.53. The van der Waals surface area contributed by atoms with Gasteiger partial charge in [-0.25, -0.2) is 12.8 Å². The molecule has 1 aliphatic rings. The SMILES string of the molecule is CCOC(=O)[C@@]1(C#N)[C@H](c2cccc(F)c2)[C@@H]1S(C)(=O)=O. The van der Waals surface area contributed by atoms with Crippen molar-refractivity contribution in [1.82, 2.24) is 0 Å². The number of nitriles is 1.